The maximum Gasteiger partial charge on any atom is 0.220 e. The van der Waals surface area contributed by atoms with E-state index in [9.17, 15) is 15.0 Å². The van der Waals surface area contributed by atoms with Crippen LogP contribution in [0.5, 0.6) is 0 Å². The fourth-order valence-electron chi connectivity index (χ4n) is 9.84. The lowest BCUT2D eigenvalue weighted by molar-refractivity contribution is -0.123. The first-order chi connectivity index (χ1) is 33.7. The first kappa shape index (κ1) is 66.6. The van der Waals surface area contributed by atoms with Crippen molar-refractivity contribution in [3.63, 3.8) is 0 Å². The van der Waals surface area contributed by atoms with E-state index in [-0.39, 0.29) is 12.5 Å². The molecule has 402 valence electrons. The van der Waals surface area contributed by atoms with Gasteiger partial charge in [-0.1, -0.05) is 320 Å². The molecule has 2 unspecified atom stereocenters. The Balaban J connectivity index is 3.46. The van der Waals surface area contributed by atoms with E-state index in [1.807, 2.05) is 6.08 Å². The smallest absolute Gasteiger partial charge is 0.220 e. The SMILES string of the molecule is CCCCCCCCCCCCCC/C=C\CCCCCCCCCCCCCCCCCCCC(=O)NC(CO)C(O)/C=C/CC/C=C/CCCCCCCCCCCCCCCCCCC. The lowest BCUT2D eigenvalue weighted by atomic mass is 10.0. The lowest BCUT2D eigenvalue weighted by Crippen LogP contribution is -2.45. The lowest BCUT2D eigenvalue weighted by Gasteiger charge is -2.19. The van der Waals surface area contributed by atoms with E-state index in [0.29, 0.717) is 6.42 Å². The van der Waals surface area contributed by atoms with Gasteiger partial charge < -0.3 is 15.5 Å². The summed E-state index contributed by atoms with van der Waals surface area (Å²) in [5, 5.41) is 23.2. The third-order valence-corrected chi connectivity index (χ3v) is 14.6. The second-order valence-electron chi connectivity index (χ2n) is 21.5. The van der Waals surface area contributed by atoms with Crippen molar-refractivity contribution in [3.8, 4) is 0 Å². The number of hydrogen-bond donors (Lipinski definition) is 3. The molecule has 4 heteroatoms. The minimum Gasteiger partial charge on any atom is -0.394 e. The number of unbranched alkanes of at least 4 members (excludes halogenated alkanes) is 47. The number of amides is 1. The number of carbonyl (C=O) groups excluding carboxylic acids is 1. The molecule has 68 heavy (non-hydrogen) atoms. The maximum atomic E-state index is 12.5. The monoisotopic (exact) mass is 954 g/mol. The number of aliphatic hydroxyl groups is 2. The van der Waals surface area contributed by atoms with Crippen LogP contribution >= 0.6 is 0 Å². The molecule has 0 aliphatic rings. The maximum absolute atomic E-state index is 12.5. The van der Waals surface area contributed by atoms with Gasteiger partial charge in [-0.2, -0.15) is 0 Å². The van der Waals surface area contributed by atoms with E-state index in [1.165, 1.54) is 295 Å². The highest BCUT2D eigenvalue weighted by Gasteiger charge is 2.18. The molecular formula is C64H123NO3. The summed E-state index contributed by atoms with van der Waals surface area (Å²) in [7, 11) is 0. The zero-order chi connectivity index (χ0) is 49.2. The first-order valence-electron chi connectivity index (χ1n) is 31.2. The molecule has 0 aliphatic heterocycles. The van der Waals surface area contributed by atoms with Crippen LogP contribution in [0, 0.1) is 0 Å². The molecule has 1 amide bonds. The second-order valence-corrected chi connectivity index (χ2v) is 21.5. The highest BCUT2D eigenvalue weighted by atomic mass is 16.3. The van der Waals surface area contributed by atoms with E-state index in [4.69, 9.17) is 0 Å². The molecule has 2 atom stereocenters. The Morgan fingerprint density at radius 1 is 0.338 bits per heavy atom. The fourth-order valence-corrected chi connectivity index (χ4v) is 9.84. The number of allylic oxidation sites excluding steroid dienone is 5. The minimum absolute atomic E-state index is 0.0674. The quantitative estimate of drug-likeness (QED) is 0.0420. The number of carbonyl (C=O) groups is 1. The van der Waals surface area contributed by atoms with E-state index in [1.54, 1.807) is 6.08 Å². The Labute approximate surface area is 427 Å². The minimum atomic E-state index is -0.862. The van der Waals surface area contributed by atoms with Gasteiger partial charge in [0.15, 0.2) is 0 Å². The van der Waals surface area contributed by atoms with Crippen LogP contribution in [0.15, 0.2) is 36.5 Å². The van der Waals surface area contributed by atoms with Crippen molar-refractivity contribution in [2.75, 3.05) is 6.61 Å². The predicted octanol–water partition coefficient (Wildman–Crippen LogP) is 20.8. The van der Waals surface area contributed by atoms with E-state index in [0.717, 1.165) is 32.1 Å². The average molecular weight is 955 g/mol. The molecule has 0 spiro atoms. The van der Waals surface area contributed by atoms with E-state index >= 15 is 0 Å². The predicted molar refractivity (Wildman–Crippen MR) is 304 cm³/mol. The van der Waals surface area contributed by atoms with Crippen LogP contribution < -0.4 is 5.32 Å². The zero-order valence-corrected chi connectivity index (χ0v) is 46.4. The van der Waals surface area contributed by atoms with Gasteiger partial charge in [0, 0.05) is 6.42 Å². The van der Waals surface area contributed by atoms with Gasteiger partial charge in [-0.3, -0.25) is 4.79 Å². The summed E-state index contributed by atoms with van der Waals surface area (Å²) >= 11 is 0. The van der Waals surface area contributed by atoms with Crippen LogP contribution in [0.1, 0.15) is 348 Å². The Kier molecular flexibility index (Phi) is 58.7. The van der Waals surface area contributed by atoms with Crippen molar-refractivity contribution in [3.05, 3.63) is 36.5 Å². The van der Waals surface area contributed by atoms with E-state index in [2.05, 4.69) is 43.5 Å². The fraction of sp³-hybridized carbons (Fsp3) is 0.891. The van der Waals surface area contributed by atoms with Gasteiger partial charge in [0.2, 0.25) is 5.91 Å². The van der Waals surface area contributed by atoms with Crippen LogP contribution in [0.3, 0.4) is 0 Å². The van der Waals surface area contributed by atoms with E-state index < -0.39 is 12.1 Å². The van der Waals surface area contributed by atoms with Crippen molar-refractivity contribution in [2.24, 2.45) is 0 Å². The van der Waals surface area contributed by atoms with Crippen LogP contribution in [-0.2, 0) is 4.79 Å². The van der Waals surface area contributed by atoms with Gasteiger partial charge in [0.25, 0.3) is 0 Å². The number of aliphatic hydroxyl groups excluding tert-OH is 2. The highest BCUT2D eigenvalue weighted by molar-refractivity contribution is 5.76. The normalized spacial score (nSPS) is 12.9. The molecule has 0 aliphatic carbocycles. The molecule has 0 saturated heterocycles. The molecular weight excluding hydrogens is 831 g/mol. The summed E-state index contributed by atoms with van der Waals surface area (Å²) in [6.07, 6.45) is 82.0. The molecule has 0 aromatic heterocycles. The number of nitrogens with one attached hydrogen (secondary N) is 1. The molecule has 0 saturated carbocycles. The first-order valence-corrected chi connectivity index (χ1v) is 31.2. The van der Waals surface area contributed by atoms with Gasteiger partial charge >= 0.3 is 0 Å². The molecule has 0 heterocycles. The Hall–Kier alpha value is -1.39. The van der Waals surface area contributed by atoms with Crippen molar-refractivity contribution in [2.45, 2.75) is 360 Å². The Morgan fingerprint density at radius 3 is 0.853 bits per heavy atom. The molecule has 0 aromatic rings. The van der Waals surface area contributed by atoms with Crippen LogP contribution in [0.25, 0.3) is 0 Å². The van der Waals surface area contributed by atoms with Gasteiger partial charge in [0.1, 0.15) is 0 Å². The summed E-state index contributed by atoms with van der Waals surface area (Å²) in [4.78, 5) is 12.5. The topological polar surface area (TPSA) is 69.6 Å². The molecule has 3 N–H and O–H groups in total. The second kappa shape index (κ2) is 59.9. The van der Waals surface area contributed by atoms with Crippen LogP contribution in [-0.4, -0.2) is 34.9 Å². The van der Waals surface area contributed by atoms with Gasteiger partial charge in [-0.15, -0.1) is 0 Å². The summed E-state index contributed by atoms with van der Waals surface area (Å²) in [5.74, 6) is -0.0674. The van der Waals surface area contributed by atoms with Gasteiger partial charge in [-0.05, 0) is 57.8 Å². The summed E-state index contributed by atoms with van der Waals surface area (Å²) in [6, 6.07) is -0.639. The largest absolute Gasteiger partial charge is 0.394 e. The number of hydrogen-bond acceptors (Lipinski definition) is 3. The third-order valence-electron chi connectivity index (χ3n) is 14.6. The Bertz CT molecular complexity index is 1040. The standard InChI is InChI=1S/C64H123NO3/c1-3-5-7-9-11-13-15-17-19-21-23-25-27-28-29-30-31-32-33-34-35-36-38-40-42-44-46-48-50-52-54-56-58-60-64(68)65-62(61-66)63(67)59-57-55-53-51-49-47-45-43-41-39-37-26-24-22-20-18-16-14-12-10-8-6-4-2/h28-29,49,51,57,59,62-63,66-67H,3-27,30-48,50,52-56,58,60-61H2,1-2H3,(H,65,68)/b29-28-,51-49+,59-57+. The zero-order valence-electron chi connectivity index (χ0n) is 46.4. The third kappa shape index (κ3) is 55.5. The molecule has 0 radical (unpaired) electrons. The molecule has 0 aromatic carbocycles. The Morgan fingerprint density at radius 2 is 0.574 bits per heavy atom. The van der Waals surface area contributed by atoms with Gasteiger partial charge in [0.05, 0.1) is 18.8 Å². The summed E-state index contributed by atoms with van der Waals surface area (Å²) < 4.78 is 0. The van der Waals surface area contributed by atoms with Crippen molar-refractivity contribution in [1.29, 1.82) is 0 Å². The van der Waals surface area contributed by atoms with Crippen LogP contribution in [0.4, 0.5) is 0 Å². The summed E-state index contributed by atoms with van der Waals surface area (Å²) in [5.41, 5.74) is 0. The van der Waals surface area contributed by atoms with Gasteiger partial charge in [-0.25, -0.2) is 0 Å². The average Bonchev–Trinajstić information content (AvgIpc) is 3.34. The van der Waals surface area contributed by atoms with Crippen molar-refractivity contribution < 1.29 is 15.0 Å². The van der Waals surface area contributed by atoms with Crippen molar-refractivity contribution in [1.82, 2.24) is 5.32 Å². The van der Waals surface area contributed by atoms with Crippen molar-refractivity contribution >= 4 is 5.91 Å². The molecule has 0 fully saturated rings. The van der Waals surface area contributed by atoms with Crippen LogP contribution in [0.2, 0.25) is 0 Å². The molecule has 4 nitrogen and oxygen atoms in total. The molecule has 0 rings (SSSR count). The molecule has 0 bridgehead atoms. The summed E-state index contributed by atoms with van der Waals surface area (Å²) in [6.45, 7) is 4.34. The highest BCUT2D eigenvalue weighted by Crippen LogP contribution is 2.18. The number of rotatable bonds is 58.